The molecule has 3 aliphatic rings. The molecule has 1 atom stereocenters. The lowest BCUT2D eigenvalue weighted by Gasteiger charge is -2.47. The maximum absolute atomic E-state index is 6.01. The molecule has 0 radical (unpaired) electrons. The predicted molar refractivity (Wildman–Crippen MR) is 74.7 cm³/mol. The van der Waals surface area contributed by atoms with E-state index in [1.54, 1.807) is 5.57 Å². The molecule has 1 heterocycles. The normalized spacial score (nSPS) is 31.4. The Labute approximate surface area is 111 Å². The lowest BCUT2D eigenvalue weighted by Crippen LogP contribution is -2.45. The summed E-state index contributed by atoms with van der Waals surface area (Å²) in [6.45, 7) is 4.48. The highest BCUT2D eigenvalue weighted by molar-refractivity contribution is 5.08. The van der Waals surface area contributed by atoms with E-state index in [1.165, 1.54) is 51.4 Å². The summed E-state index contributed by atoms with van der Waals surface area (Å²) in [6.07, 6.45) is 13.0. The smallest absolute Gasteiger partial charge is 0.0688 e. The van der Waals surface area contributed by atoms with Crippen LogP contribution in [0.25, 0.3) is 0 Å². The second-order valence-corrected chi connectivity index (χ2v) is 6.54. The average Bonchev–Trinajstić information content (AvgIpc) is 3.17. The first-order valence-corrected chi connectivity index (χ1v) is 7.81. The van der Waals surface area contributed by atoms with Gasteiger partial charge >= 0.3 is 0 Å². The monoisotopic (exact) mass is 249 g/mol. The molecule has 3 rings (SSSR count). The third kappa shape index (κ3) is 2.97. The van der Waals surface area contributed by atoms with Crippen LogP contribution in [0.15, 0.2) is 11.6 Å². The Bertz CT molecular complexity index is 315. The number of nitrogens with one attached hydrogen (secondary N) is 1. The van der Waals surface area contributed by atoms with Gasteiger partial charge in [0.2, 0.25) is 0 Å². The van der Waals surface area contributed by atoms with Crippen molar-refractivity contribution in [2.24, 2.45) is 5.92 Å². The van der Waals surface area contributed by atoms with E-state index in [4.69, 9.17) is 4.74 Å². The van der Waals surface area contributed by atoms with Crippen LogP contribution in [0.5, 0.6) is 0 Å². The van der Waals surface area contributed by atoms with Crippen LogP contribution < -0.4 is 5.32 Å². The fourth-order valence-corrected chi connectivity index (χ4v) is 3.38. The highest BCUT2D eigenvalue weighted by Gasteiger charge is 2.42. The van der Waals surface area contributed by atoms with E-state index in [1.807, 2.05) is 0 Å². The molecule has 3 fully saturated rings. The van der Waals surface area contributed by atoms with E-state index in [9.17, 15) is 0 Å². The minimum absolute atomic E-state index is 0.296. The first-order chi connectivity index (χ1) is 8.77. The molecule has 1 unspecified atom stereocenters. The summed E-state index contributed by atoms with van der Waals surface area (Å²) < 4.78 is 6.01. The van der Waals surface area contributed by atoms with Gasteiger partial charge in [0.25, 0.3) is 0 Å². The van der Waals surface area contributed by atoms with E-state index < -0.39 is 0 Å². The molecule has 0 aromatic heterocycles. The topological polar surface area (TPSA) is 21.3 Å². The van der Waals surface area contributed by atoms with Gasteiger partial charge in [0.05, 0.1) is 5.60 Å². The zero-order valence-electron chi connectivity index (χ0n) is 11.7. The van der Waals surface area contributed by atoms with Crippen LogP contribution in [0.4, 0.5) is 0 Å². The van der Waals surface area contributed by atoms with Crippen molar-refractivity contribution in [3.63, 3.8) is 0 Å². The van der Waals surface area contributed by atoms with Crippen molar-refractivity contribution in [1.29, 1.82) is 0 Å². The molecule has 18 heavy (non-hydrogen) atoms. The van der Waals surface area contributed by atoms with Crippen molar-refractivity contribution in [3.05, 3.63) is 11.6 Å². The number of hydrogen-bond donors (Lipinski definition) is 1. The second-order valence-electron chi connectivity index (χ2n) is 6.54. The number of hydrogen-bond acceptors (Lipinski definition) is 2. The molecule has 2 saturated carbocycles. The van der Waals surface area contributed by atoms with E-state index >= 15 is 0 Å². The van der Waals surface area contributed by atoms with Crippen LogP contribution in [0.3, 0.4) is 0 Å². The molecule has 0 aromatic carbocycles. The minimum Gasteiger partial charge on any atom is -0.375 e. The Balaban J connectivity index is 1.44. The molecule has 1 spiro atoms. The average molecular weight is 249 g/mol. The molecule has 102 valence electrons. The summed E-state index contributed by atoms with van der Waals surface area (Å²) in [7, 11) is 0. The summed E-state index contributed by atoms with van der Waals surface area (Å²) >= 11 is 0. The van der Waals surface area contributed by atoms with Gasteiger partial charge in [-0.15, -0.1) is 0 Å². The van der Waals surface area contributed by atoms with Crippen LogP contribution in [0.2, 0.25) is 0 Å². The molecule has 2 nitrogen and oxygen atoms in total. The van der Waals surface area contributed by atoms with Crippen LogP contribution in [0, 0.1) is 5.92 Å². The zero-order valence-corrected chi connectivity index (χ0v) is 11.7. The third-order valence-electron chi connectivity index (χ3n) is 5.02. The molecule has 0 amide bonds. The summed E-state index contributed by atoms with van der Waals surface area (Å²) in [5.74, 6) is 0.792. The summed E-state index contributed by atoms with van der Waals surface area (Å²) in [4.78, 5) is 0. The van der Waals surface area contributed by atoms with Gasteiger partial charge < -0.3 is 10.1 Å². The molecule has 2 heteroatoms. The van der Waals surface area contributed by atoms with Crippen molar-refractivity contribution in [1.82, 2.24) is 5.32 Å². The summed E-state index contributed by atoms with van der Waals surface area (Å²) in [6, 6.07) is 0.847. The van der Waals surface area contributed by atoms with Crippen LogP contribution in [-0.2, 0) is 4.74 Å². The van der Waals surface area contributed by atoms with Gasteiger partial charge in [-0.25, -0.2) is 0 Å². The fourth-order valence-electron chi connectivity index (χ4n) is 3.38. The van der Waals surface area contributed by atoms with Gasteiger partial charge in [-0.05, 0) is 70.8 Å². The Morgan fingerprint density at radius 2 is 2.17 bits per heavy atom. The van der Waals surface area contributed by atoms with Gasteiger partial charge in [-0.3, -0.25) is 0 Å². The van der Waals surface area contributed by atoms with Crippen molar-refractivity contribution in [2.45, 2.75) is 69.9 Å². The van der Waals surface area contributed by atoms with Gasteiger partial charge in [-0.2, -0.15) is 0 Å². The summed E-state index contributed by atoms with van der Waals surface area (Å²) in [5.41, 5.74) is 1.91. The molecule has 2 aliphatic carbocycles. The quantitative estimate of drug-likeness (QED) is 0.595. The lowest BCUT2D eigenvalue weighted by atomic mass is 9.70. The maximum Gasteiger partial charge on any atom is 0.0688 e. The molecule has 0 aromatic rings. The predicted octanol–water partition coefficient (Wildman–Crippen LogP) is 3.42. The largest absolute Gasteiger partial charge is 0.375 e. The second kappa shape index (κ2) is 5.34. The zero-order chi connectivity index (χ0) is 12.4. The minimum atomic E-state index is 0.296. The van der Waals surface area contributed by atoms with E-state index in [2.05, 4.69) is 18.3 Å². The van der Waals surface area contributed by atoms with Crippen molar-refractivity contribution in [3.8, 4) is 0 Å². The maximum atomic E-state index is 6.01. The van der Waals surface area contributed by atoms with Crippen LogP contribution >= 0.6 is 0 Å². The van der Waals surface area contributed by atoms with Gasteiger partial charge in [0.1, 0.15) is 0 Å². The molecule has 1 aliphatic heterocycles. The fraction of sp³-hybridized carbons (Fsp3) is 0.875. The molecule has 1 saturated heterocycles. The standard InChI is InChI=1S/C16H27NO/c1-13(4-2-10-17-15-5-6-15)14-7-11-18-16(12-14)8-3-9-16/h4,14-15,17H,2-3,5-12H2,1H3. The van der Waals surface area contributed by atoms with Gasteiger partial charge in [0.15, 0.2) is 0 Å². The number of rotatable bonds is 5. The SMILES string of the molecule is CC(=CCCNC1CC1)C1CCOC2(CCC2)C1. The third-order valence-corrected chi connectivity index (χ3v) is 5.02. The first kappa shape index (κ1) is 12.7. The van der Waals surface area contributed by atoms with Gasteiger partial charge in [0, 0.05) is 12.6 Å². The number of ether oxygens (including phenoxy) is 1. The Morgan fingerprint density at radius 3 is 2.83 bits per heavy atom. The first-order valence-electron chi connectivity index (χ1n) is 7.81. The summed E-state index contributed by atoms with van der Waals surface area (Å²) in [5, 5.41) is 3.58. The van der Waals surface area contributed by atoms with Crippen molar-refractivity contribution in [2.75, 3.05) is 13.2 Å². The highest BCUT2D eigenvalue weighted by atomic mass is 16.5. The Hall–Kier alpha value is -0.340. The van der Waals surface area contributed by atoms with Crippen molar-refractivity contribution < 1.29 is 4.74 Å². The molecule has 1 N–H and O–H groups in total. The molecule has 0 bridgehead atoms. The van der Waals surface area contributed by atoms with Crippen LogP contribution in [0.1, 0.15) is 58.3 Å². The van der Waals surface area contributed by atoms with Gasteiger partial charge in [-0.1, -0.05) is 11.6 Å². The van der Waals surface area contributed by atoms with Crippen molar-refractivity contribution >= 4 is 0 Å². The molecular formula is C16H27NO. The van der Waals surface area contributed by atoms with E-state index in [0.717, 1.165) is 25.1 Å². The Morgan fingerprint density at radius 1 is 1.33 bits per heavy atom. The number of allylic oxidation sites excluding steroid dienone is 1. The Kier molecular flexibility index (Phi) is 3.76. The lowest BCUT2D eigenvalue weighted by molar-refractivity contribution is -0.138. The molecular weight excluding hydrogens is 222 g/mol. The highest BCUT2D eigenvalue weighted by Crippen LogP contribution is 2.45. The van der Waals surface area contributed by atoms with E-state index in [-0.39, 0.29) is 0 Å². The van der Waals surface area contributed by atoms with Crippen LogP contribution in [-0.4, -0.2) is 24.8 Å². The van der Waals surface area contributed by atoms with E-state index in [0.29, 0.717) is 5.60 Å².